The first-order valence-corrected chi connectivity index (χ1v) is 10.1. The minimum absolute atomic E-state index is 0. The van der Waals surface area contributed by atoms with Gasteiger partial charge in [0.15, 0.2) is 0 Å². The van der Waals surface area contributed by atoms with Crippen LogP contribution in [0.5, 0.6) is 0 Å². The fraction of sp³-hybridized carbons (Fsp3) is 0.650. The standard InChI is InChI=1S/C15H18Cl2N2O2.C5H12N.W/c16-12-1-11(2-13(17)3-12)14(21)18-6-10-4-15(5-10)7-19(8-15)9-20;1-4-5(2,3)6;/h1-3,10,20H,4-9H2,(H,18,21);6H,4H2,1-3H3;/q;-1;. The van der Waals surface area contributed by atoms with Gasteiger partial charge in [-0.2, -0.15) is 0 Å². The molecule has 28 heavy (non-hydrogen) atoms. The third-order valence-corrected chi connectivity index (χ3v) is 5.76. The van der Waals surface area contributed by atoms with Crippen LogP contribution in [-0.4, -0.2) is 47.8 Å². The Morgan fingerprint density at radius 3 is 2.21 bits per heavy atom. The van der Waals surface area contributed by atoms with Crippen molar-refractivity contribution >= 4 is 29.1 Å². The monoisotopic (exact) mass is 598 g/mol. The normalized spacial score (nSPS) is 18.2. The van der Waals surface area contributed by atoms with E-state index in [-0.39, 0.29) is 39.2 Å². The van der Waals surface area contributed by atoms with Crippen LogP contribution >= 0.6 is 23.2 Å². The van der Waals surface area contributed by atoms with Crippen molar-refractivity contribution in [2.45, 2.75) is 45.6 Å². The third kappa shape index (κ3) is 7.59. The Kier molecular flexibility index (Phi) is 9.93. The van der Waals surface area contributed by atoms with Gasteiger partial charge in [0.05, 0.1) is 6.73 Å². The van der Waals surface area contributed by atoms with Gasteiger partial charge in [-0.1, -0.05) is 50.4 Å². The summed E-state index contributed by atoms with van der Waals surface area (Å²) in [7, 11) is 0. The largest absolute Gasteiger partial charge is 0.672 e. The van der Waals surface area contributed by atoms with Gasteiger partial charge in [0, 0.05) is 56.3 Å². The van der Waals surface area contributed by atoms with Gasteiger partial charge in [0.25, 0.3) is 5.91 Å². The van der Waals surface area contributed by atoms with Crippen LogP contribution in [0.25, 0.3) is 5.73 Å². The van der Waals surface area contributed by atoms with Gasteiger partial charge in [-0.3, -0.25) is 9.69 Å². The number of hydrogen-bond donors (Lipinski definition) is 2. The van der Waals surface area contributed by atoms with Crippen molar-refractivity contribution in [3.8, 4) is 0 Å². The first kappa shape index (κ1) is 25.9. The molecule has 5 nitrogen and oxygen atoms in total. The average molecular weight is 599 g/mol. The van der Waals surface area contributed by atoms with E-state index in [0.717, 1.165) is 32.4 Å². The molecule has 0 radical (unpaired) electrons. The first-order valence-electron chi connectivity index (χ1n) is 9.38. The Morgan fingerprint density at radius 2 is 1.79 bits per heavy atom. The molecule has 1 spiro atoms. The van der Waals surface area contributed by atoms with Crippen molar-refractivity contribution in [2.24, 2.45) is 11.3 Å². The predicted molar refractivity (Wildman–Crippen MR) is 111 cm³/mol. The maximum Gasteiger partial charge on any atom is 0.251 e. The predicted octanol–water partition coefficient (Wildman–Crippen LogP) is 4.61. The number of carbonyl (C=O) groups is 1. The molecule has 0 aromatic heterocycles. The molecule has 1 aliphatic carbocycles. The number of hydrogen-bond acceptors (Lipinski definition) is 3. The number of likely N-dealkylation sites (tertiary alicyclic amines) is 1. The van der Waals surface area contributed by atoms with E-state index in [4.69, 9.17) is 34.0 Å². The molecule has 8 heteroatoms. The molecule has 1 aliphatic heterocycles. The summed E-state index contributed by atoms with van der Waals surface area (Å²) in [6.07, 6.45) is 3.19. The topological polar surface area (TPSA) is 76.4 Å². The van der Waals surface area contributed by atoms with E-state index in [1.807, 2.05) is 25.7 Å². The van der Waals surface area contributed by atoms with Crippen LogP contribution in [0, 0.1) is 11.3 Å². The van der Waals surface area contributed by atoms with Crippen LogP contribution in [0.4, 0.5) is 0 Å². The van der Waals surface area contributed by atoms with Gasteiger partial charge in [-0.15, -0.1) is 5.54 Å². The molecule has 1 amide bonds. The van der Waals surface area contributed by atoms with Crippen molar-refractivity contribution in [3.63, 3.8) is 0 Å². The Labute approximate surface area is 192 Å². The summed E-state index contributed by atoms with van der Waals surface area (Å²) >= 11 is 11.8. The maximum atomic E-state index is 12.1. The van der Waals surface area contributed by atoms with Crippen LogP contribution in [0.2, 0.25) is 10.0 Å². The summed E-state index contributed by atoms with van der Waals surface area (Å²) < 4.78 is 0. The second kappa shape index (κ2) is 10.7. The number of nitrogens with zero attached hydrogens (tertiary/aromatic N) is 1. The Balaban J connectivity index is 0.000000492. The maximum absolute atomic E-state index is 12.1. The molecule has 1 aromatic carbocycles. The zero-order valence-electron chi connectivity index (χ0n) is 16.7. The summed E-state index contributed by atoms with van der Waals surface area (Å²) in [6, 6.07) is 4.85. The molecule has 1 aromatic rings. The van der Waals surface area contributed by atoms with E-state index in [0.29, 0.717) is 33.5 Å². The van der Waals surface area contributed by atoms with E-state index >= 15 is 0 Å². The minimum atomic E-state index is -0.208. The second-order valence-corrected chi connectivity index (χ2v) is 9.38. The van der Waals surface area contributed by atoms with Gasteiger partial charge < -0.3 is 16.2 Å². The quantitative estimate of drug-likeness (QED) is 0.520. The average Bonchev–Trinajstić information content (AvgIpc) is 2.50. The van der Waals surface area contributed by atoms with Crippen molar-refractivity contribution < 1.29 is 31.0 Å². The molecule has 0 bridgehead atoms. The smallest absolute Gasteiger partial charge is 0.251 e. The Hall–Kier alpha value is -0.162. The molecule has 0 atom stereocenters. The van der Waals surface area contributed by atoms with Crippen LogP contribution < -0.4 is 5.32 Å². The number of benzene rings is 1. The molecule has 1 saturated heterocycles. The molecule has 3 N–H and O–H groups in total. The minimum Gasteiger partial charge on any atom is -0.672 e. The Morgan fingerprint density at radius 1 is 1.29 bits per heavy atom. The molecular formula is C20H30Cl2N3O2W-. The molecule has 158 valence electrons. The van der Waals surface area contributed by atoms with Gasteiger partial charge >= 0.3 is 0 Å². The summed E-state index contributed by atoms with van der Waals surface area (Å²) in [5.41, 5.74) is 7.87. The van der Waals surface area contributed by atoms with E-state index < -0.39 is 0 Å². The molecular weight excluding hydrogens is 569 g/mol. The molecule has 3 rings (SSSR count). The molecule has 2 aliphatic rings. The van der Waals surface area contributed by atoms with Gasteiger partial charge in [0.1, 0.15) is 0 Å². The zero-order valence-corrected chi connectivity index (χ0v) is 21.2. The van der Waals surface area contributed by atoms with Crippen LogP contribution in [-0.2, 0) is 21.1 Å². The van der Waals surface area contributed by atoms with Gasteiger partial charge in [-0.25, -0.2) is 0 Å². The van der Waals surface area contributed by atoms with Gasteiger partial charge in [0.2, 0.25) is 0 Å². The summed E-state index contributed by atoms with van der Waals surface area (Å²) in [4.78, 5) is 14.1. The first-order chi connectivity index (χ1) is 12.6. The number of aliphatic hydroxyl groups is 1. The van der Waals surface area contributed by atoms with Crippen LogP contribution in [0.15, 0.2) is 18.2 Å². The zero-order chi connectivity index (χ0) is 20.2. The number of amides is 1. The van der Waals surface area contributed by atoms with E-state index in [9.17, 15) is 4.79 Å². The van der Waals surface area contributed by atoms with E-state index in [2.05, 4.69) is 5.32 Å². The number of nitrogens with one attached hydrogen (secondary N) is 2. The fourth-order valence-corrected chi connectivity index (χ4v) is 4.12. The van der Waals surface area contributed by atoms with Crippen LogP contribution in [0.1, 0.15) is 50.4 Å². The Bertz CT molecular complexity index is 633. The summed E-state index contributed by atoms with van der Waals surface area (Å²) in [6.45, 7) is 8.64. The SMILES string of the molecule is CCC(C)(C)[NH-].O=C(NCC1CC2(C1)CN(CO)C2)c1cc(Cl)cc(Cl)c1.[W]. The molecule has 2 fully saturated rings. The van der Waals surface area contributed by atoms with Crippen molar-refractivity contribution in [3.05, 3.63) is 39.5 Å². The van der Waals surface area contributed by atoms with E-state index in [1.54, 1.807) is 18.2 Å². The second-order valence-electron chi connectivity index (χ2n) is 8.51. The third-order valence-electron chi connectivity index (χ3n) is 5.32. The molecule has 1 saturated carbocycles. The number of aliphatic hydroxyl groups excluding tert-OH is 1. The van der Waals surface area contributed by atoms with Gasteiger partial charge in [-0.05, 0) is 42.4 Å². The number of halogens is 2. The molecule has 0 unspecified atom stereocenters. The van der Waals surface area contributed by atoms with Crippen molar-refractivity contribution in [2.75, 3.05) is 26.4 Å². The van der Waals surface area contributed by atoms with Crippen molar-refractivity contribution in [1.29, 1.82) is 0 Å². The molecule has 1 heterocycles. The summed E-state index contributed by atoms with van der Waals surface area (Å²) in [5.74, 6) is 0.399. The number of carbonyl (C=O) groups excluding carboxylic acids is 1. The van der Waals surface area contributed by atoms with E-state index in [1.165, 1.54) is 0 Å². The fourth-order valence-electron chi connectivity index (χ4n) is 3.59. The van der Waals surface area contributed by atoms with Crippen LogP contribution in [0.3, 0.4) is 0 Å². The summed E-state index contributed by atoms with van der Waals surface area (Å²) in [5, 5.41) is 12.9. The number of rotatable bonds is 5. The van der Waals surface area contributed by atoms with Crippen molar-refractivity contribution in [1.82, 2.24) is 10.2 Å².